The van der Waals surface area contributed by atoms with Gasteiger partial charge in [0.05, 0.1) is 16.8 Å². The molecule has 0 bridgehead atoms. The summed E-state index contributed by atoms with van der Waals surface area (Å²) in [6.07, 6.45) is 3.41. The largest absolute Gasteiger partial charge is 0.481 e. The van der Waals surface area contributed by atoms with Gasteiger partial charge in [-0.1, -0.05) is 18.2 Å². The maximum absolute atomic E-state index is 11.7. The van der Waals surface area contributed by atoms with Gasteiger partial charge in [-0.3, -0.25) is 4.79 Å². The highest BCUT2D eigenvalue weighted by Crippen LogP contribution is 2.34. The SMILES string of the molecule is O=C(O)C1(Cc2ccn(-c3ccccc3)n2)CCOCC1. The third-order valence-corrected chi connectivity index (χ3v) is 4.09. The quantitative estimate of drug-likeness (QED) is 0.936. The average Bonchev–Trinajstić information content (AvgIpc) is 2.97. The molecule has 0 aliphatic carbocycles. The van der Waals surface area contributed by atoms with Gasteiger partial charge in [0.2, 0.25) is 0 Å². The van der Waals surface area contributed by atoms with Crippen molar-refractivity contribution in [1.82, 2.24) is 9.78 Å². The van der Waals surface area contributed by atoms with E-state index in [4.69, 9.17) is 4.74 Å². The summed E-state index contributed by atoms with van der Waals surface area (Å²) in [5.74, 6) is -0.750. The normalized spacial score (nSPS) is 17.5. The number of carboxylic acid groups (broad SMARTS) is 1. The van der Waals surface area contributed by atoms with E-state index in [1.807, 2.05) is 42.6 Å². The monoisotopic (exact) mass is 286 g/mol. The molecule has 1 fully saturated rings. The van der Waals surface area contributed by atoms with Crippen LogP contribution in [0.2, 0.25) is 0 Å². The van der Waals surface area contributed by atoms with Gasteiger partial charge < -0.3 is 9.84 Å². The van der Waals surface area contributed by atoms with Crippen molar-refractivity contribution in [3.8, 4) is 5.69 Å². The molecule has 1 aliphatic heterocycles. The molecule has 2 heterocycles. The molecule has 3 rings (SSSR count). The minimum atomic E-state index is -0.750. The Hall–Kier alpha value is -2.14. The van der Waals surface area contributed by atoms with Gasteiger partial charge >= 0.3 is 5.97 Å². The lowest BCUT2D eigenvalue weighted by molar-refractivity contribution is -0.154. The lowest BCUT2D eigenvalue weighted by Gasteiger charge is -2.32. The van der Waals surface area contributed by atoms with Crippen LogP contribution in [-0.2, 0) is 16.0 Å². The summed E-state index contributed by atoms with van der Waals surface area (Å²) < 4.78 is 7.08. The summed E-state index contributed by atoms with van der Waals surface area (Å²) in [4.78, 5) is 11.7. The zero-order valence-electron chi connectivity index (χ0n) is 11.7. The van der Waals surface area contributed by atoms with Crippen molar-refractivity contribution in [2.45, 2.75) is 19.3 Å². The summed E-state index contributed by atoms with van der Waals surface area (Å²) in [6, 6.07) is 11.7. The van der Waals surface area contributed by atoms with Crippen LogP contribution in [0.15, 0.2) is 42.6 Å². The predicted octanol–water partition coefficient (Wildman–Crippen LogP) is 2.30. The minimum absolute atomic E-state index is 0.450. The second-order valence-corrected chi connectivity index (χ2v) is 5.46. The molecule has 0 amide bonds. The molecule has 1 saturated heterocycles. The van der Waals surface area contributed by atoms with Crippen LogP contribution in [0.1, 0.15) is 18.5 Å². The van der Waals surface area contributed by atoms with E-state index in [9.17, 15) is 9.90 Å². The first-order valence-electron chi connectivity index (χ1n) is 7.11. The molecule has 5 nitrogen and oxygen atoms in total. The lowest BCUT2D eigenvalue weighted by atomic mass is 9.76. The minimum Gasteiger partial charge on any atom is -0.481 e. The smallest absolute Gasteiger partial charge is 0.310 e. The summed E-state index contributed by atoms with van der Waals surface area (Å²) >= 11 is 0. The van der Waals surface area contributed by atoms with Gasteiger partial charge in [0.1, 0.15) is 0 Å². The van der Waals surface area contributed by atoms with Crippen LogP contribution >= 0.6 is 0 Å². The molecule has 1 N–H and O–H groups in total. The summed E-state index contributed by atoms with van der Waals surface area (Å²) in [5.41, 5.74) is 1.04. The number of aliphatic carboxylic acids is 1. The Balaban J connectivity index is 1.81. The van der Waals surface area contributed by atoms with Crippen molar-refractivity contribution in [3.05, 3.63) is 48.3 Å². The van der Waals surface area contributed by atoms with Crippen molar-refractivity contribution in [1.29, 1.82) is 0 Å². The number of aromatic nitrogens is 2. The second-order valence-electron chi connectivity index (χ2n) is 5.46. The predicted molar refractivity (Wildman–Crippen MR) is 77.4 cm³/mol. The fourth-order valence-electron chi connectivity index (χ4n) is 2.76. The van der Waals surface area contributed by atoms with Gasteiger partial charge in [-0.05, 0) is 31.0 Å². The van der Waals surface area contributed by atoms with Gasteiger partial charge in [0.25, 0.3) is 0 Å². The van der Waals surface area contributed by atoms with Crippen molar-refractivity contribution >= 4 is 5.97 Å². The molecule has 0 atom stereocenters. The van der Waals surface area contributed by atoms with Gasteiger partial charge in [-0.25, -0.2) is 4.68 Å². The third-order valence-electron chi connectivity index (χ3n) is 4.09. The van der Waals surface area contributed by atoms with E-state index in [0.717, 1.165) is 11.4 Å². The number of carbonyl (C=O) groups is 1. The van der Waals surface area contributed by atoms with Gasteiger partial charge in [0.15, 0.2) is 0 Å². The van der Waals surface area contributed by atoms with Crippen LogP contribution in [-0.4, -0.2) is 34.1 Å². The molecule has 1 aliphatic rings. The Kier molecular flexibility index (Phi) is 3.75. The van der Waals surface area contributed by atoms with Crippen molar-refractivity contribution in [2.24, 2.45) is 5.41 Å². The van der Waals surface area contributed by atoms with E-state index in [1.165, 1.54) is 0 Å². The second kappa shape index (κ2) is 5.69. The molecule has 2 aromatic rings. The molecular formula is C16H18N2O3. The number of hydrogen-bond acceptors (Lipinski definition) is 3. The van der Waals surface area contributed by atoms with Crippen LogP contribution in [0.4, 0.5) is 0 Å². The highest BCUT2D eigenvalue weighted by Gasteiger charge is 2.40. The number of carboxylic acids is 1. The number of para-hydroxylation sites is 1. The van der Waals surface area contributed by atoms with E-state index in [0.29, 0.717) is 32.5 Å². The Morgan fingerprint density at radius 1 is 1.24 bits per heavy atom. The Morgan fingerprint density at radius 3 is 2.62 bits per heavy atom. The topological polar surface area (TPSA) is 64.3 Å². The number of nitrogens with zero attached hydrogens (tertiary/aromatic N) is 2. The highest BCUT2D eigenvalue weighted by molar-refractivity contribution is 5.75. The fraction of sp³-hybridized carbons (Fsp3) is 0.375. The van der Waals surface area contributed by atoms with E-state index in [-0.39, 0.29) is 0 Å². The Bertz CT molecular complexity index is 615. The zero-order chi connectivity index (χ0) is 14.7. The number of benzene rings is 1. The van der Waals surface area contributed by atoms with E-state index in [1.54, 1.807) is 4.68 Å². The van der Waals surface area contributed by atoms with Crippen LogP contribution in [0.5, 0.6) is 0 Å². The average molecular weight is 286 g/mol. The molecule has 110 valence electrons. The summed E-state index contributed by atoms with van der Waals surface area (Å²) in [5, 5.41) is 14.1. The van der Waals surface area contributed by atoms with Crippen LogP contribution in [0.3, 0.4) is 0 Å². The van der Waals surface area contributed by atoms with Crippen LogP contribution in [0.25, 0.3) is 5.69 Å². The molecule has 1 aromatic heterocycles. The van der Waals surface area contributed by atoms with Gasteiger partial charge in [-0.15, -0.1) is 0 Å². The molecule has 0 radical (unpaired) electrons. The third kappa shape index (κ3) is 2.83. The van der Waals surface area contributed by atoms with Crippen LogP contribution < -0.4 is 0 Å². The number of hydrogen-bond donors (Lipinski definition) is 1. The maximum Gasteiger partial charge on any atom is 0.310 e. The zero-order valence-corrected chi connectivity index (χ0v) is 11.7. The lowest BCUT2D eigenvalue weighted by Crippen LogP contribution is -2.39. The molecule has 1 aromatic carbocycles. The first-order valence-corrected chi connectivity index (χ1v) is 7.11. The van der Waals surface area contributed by atoms with Crippen LogP contribution in [0, 0.1) is 5.41 Å². The van der Waals surface area contributed by atoms with Crippen molar-refractivity contribution < 1.29 is 14.6 Å². The first kappa shape index (κ1) is 13.8. The Labute approximate surface area is 123 Å². The summed E-state index contributed by atoms with van der Waals surface area (Å²) in [7, 11) is 0. The molecule has 21 heavy (non-hydrogen) atoms. The highest BCUT2D eigenvalue weighted by atomic mass is 16.5. The van der Waals surface area contributed by atoms with E-state index >= 15 is 0 Å². The van der Waals surface area contributed by atoms with E-state index in [2.05, 4.69) is 5.10 Å². The van der Waals surface area contributed by atoms with E-state index < -0.39 is 11.4 Å². The molecular weight excluding hydrogens is 268 g/mol. The molecule has 5 heteroatoms. The number of rotatable bonds is 4. The maximum atomic E-state index is 11.7. The molecule has 0 spiro atoms. The Morgan fingerprint density at radius 2 is 1.95 bits per heavy atom. The molecule has 0 saturated carbocycles. The summed E-state index contributed by atoms with van der Waals surface area (Å²) in [6.45, 7) is 1.01. The van der Waals surface area contributed by atoms with Gasteiger partial charge in [0, 0.05) is 25.8 Å². The van der Waals surface area contributed by atoms with Crippen molar-refractivity contribution in [2.75, 3.05) is 13.2 Å². The molecule has 0 unspecified atom stereocenters. The van der Waals surface area contributed by atoms with Crippen molar-refractivity contribution in [3.63, 3.8) is 0 Å². The standard InChI is InChI=1S/C16H18N2O3/c19-15(20)16(7-10-21-11-8-16)12-13-6-9-18(17-13)14-4-2-1-3-5-14/h1-6,9H,7-8,10-12H2,(H,19,20). The first-order chi connectivity index (χ1) is 10.2. The fourth-order valence-corrected chi connectivity index (χ4v) is 2.76. The van der Waals surface area contributed by atoms with Gasteiger partial charge in [-0.2, -0.15) is 5.10 Å². The number of ether oxygens (including phenoxy) is 1.